The molecule has 1 aliphatic rings. The van der Waals surface area contributed by atoms with Crippen LogP contribution in [0.5, 0.6) is 0 Å². The van der Waals surface area contributed by atoms with Crippen molar-refractivity contribution in [3.05, 3.63) is 95.4 Å². The molecule has 1 unspecified atom stereocenters. The molecule has 1 aliphatic carbocycles. The Balaban J connectivity index is 1.40. The van der Waals surface area contributed by atoms with Crippen LogP contribution in [0.25, 0.3) is 11.4 Å². The molecule has 6 heteroatoms. The van der Waals surface area contributed by atoms with Gasteiger partial charge in [0.05, 0.1) is 17.8 Å². The Bertz CT molecular complexity index is 1210. The molecule has 1 atom stereocenters. The Labute approximate surface area is 181 Å². The van der Waals surface area contributed by atoms with Crippen molar-refractivity contribution >= 4 is 11.7 Å². The molecule has 1 amide bonds. The van der Waals surface area contributed by atoms with Gasteiger partial charge in [0.15, 0.2) is 5.82 Å². The van der Waals surface area contributed by atoms with Gasteiger partial charge in [0.1, 0.15) is 5.82 Å². The Kier molecular flexibility index (Phi) is 5.04. The van der Waals surface area contributed by atoms with Gasteiger partial charge >= 0.3 is 0 Å². The molecule has 0 spiro atoms. The number of anilines is 1. The summed E-state index contributed by atoms with van der Waals surface area (Å²) in [5, 5.41) is 7.65. The number of fused-ring (bicyclic) bond motifs is 1. The van der Waals surface area contributed by atoms with Gasteiger partial charge in [0, 0.05) is 23.5 Å². The van der Waals surface area contributed by atoms with Crippen molar-refractivity contribution in [3.63, 3.8) is 0 Å². The zero-order chi connectivity index (χ0) is 21.2. The van der Waals surface area contributed by atoms with Gasteiger partial charge in [-0.2, -0.15) is 5.10 Å². The van der Waals surface area contributed by atoms with E-state index in [9.17, 15) is 4.79 Å². The molecule has 31 heavy (non-hydrogen) atoms. The first kappa shape index (κ1) is 19.2. The van der Waals surface area contributed by atoms with E-state index in [1.807, 2.05) is 48.1 Å². The summed E-state index contributed by atoms with van der Waals surface area (Å²) in [5.41, 5.74) is 4.89. The Morgan fingerprint density at radius 2 is 1.74 bits per heavy atom. The summed E-state index contributed by atoms with van der Waals surface area (Å²) >= 11 is 0. The monoisotopic (exact) mass is 409 g/mol. The van der Waals surface area contributed by atoms with E-state index in [-0.39, 0.29) is 11.9 Å². The summed E-state index contributed by atoms with van der Waals surface area (Å²) in [5.74, 6) is 1.07. The number of hydrogen-bond donors (Lipinski definition) is 1. The molecule has 0 aliphatic heterocycles. The molecule has 2 aromatic carbocycles. The van der Waals surface area contributed by atoms with Crippen LogP contribution in [0.3, 0.4) is 0 Å². The third-order valence-electron chi connectivity index (χ3n) is 5.79. The molecule has 0 saturated heterocycles. The number of aryl methyl sites for hydroxylation is 2. The minimum Gasteiger partial charge on any atom is -0.306 e. The standard InChI is InChI=1S/C25H23N5O/c1-17-14-28-30(22-13-7-11-18-8-5-6-12-21(18)22)24(17)29-25(31)20-15-26-23(27-16-20)19-9-3-2-4-10-19/h2-6,8-10,12,14-16,22H,7,11,13H2,1H3,(H,29,31). The fourth-order valence-corrected chi connectivity index (χ4v) is 4.18. The summed E-state index contributed by atoms with van der Waals surface area (Å²) in [6, 6.07) is 18.3. The molecule has 0 saturated carbocycles. The lowest BCUT2D eigenvalue weighted by molar-refractivity contribution is 0.102. The predicted molar refractivity (Wildman–Crippen MR) is 120 cm³/mol. The fraction of sp³-hybridized carbons (Fsp3) is 0.200. The summed E-state index contributed by atoms with van der Waals surface area (Å²) in [4.78, 5) is 21.7. The first-order valence-electron chi connectivity index (χ1n) is 10.5. The summed E-state index contributed by atoms with van der Waals surface area (Å²) < 4.78 is 1.95. The lowest BCUT2D eigenvalue weighted by Gasteiger charge is -2.27. The SMILES string of the molecule is Cc1cnn(C2CCCc3ccccc32)c1NC(=O)c1cnc(-c2ccccc2)nc1. The normalized spacial score (nSPS) is 15.3. The van der Waals surface area contributed by atoms with Crippen molar-refractivity contribution in [2.45, 2.75) is 32.2 Å². The number of nitrogens with zero attached hydrogens (tertiary/aromatic N) is 4. The number of aromatic nitrogens is 4. The highest BCUT2D eigenvalue weighted by atomic mass is 16.1. The summed E-state index contributed by atoms with van der Waals surface area (Å²) in [6.45, 7) is 1.96. The van der Waals surface area contributed by atoms with E-state index in [4.69, 9.17) is 0 Å². The average Bonchev–Trinajstić information content (AvgIpc) is 3.19. The molecular formula is C25H23N5O. The van der Waals surface area contributed by atoms with Crippen molar-refractivity contribution in [2.24, 2.45) is 0 Å². The van der Waals surface area contributed by atoms with Crippen molar-refractivity contribution in [3.8, 4) is 11.4 Å². The number of benzene rings is 2. The minimum absolute atomic E-state index is 0.116. The molecule has 4 aromatic rings. The first-order chi connectivity index (χ1) is 15.2. The van der Waals surface area contributed by atoms with Gasteiger partial charge < -0.3 is 5.32 Å². The van der Waals surface area contributed by atoms with E-state index in [0.717, 1.165) is 36.2 Å². The molecule has 2 aromatic heterocycles. The van der Waals surface area contributed by atoms with E-state index in [2.05, 4.69) is 44.6 Å². The topological polar surface area (TPSA) is 72.7 Å². The first-order valence-corrected chi connectivity index (χ1v) is 10.5. The number of hydrogen-bond acceptors (Lipinski definition) is 4. The lowest BCUT2D eigenvalue weighted by Crippen LogP contribution is -2.23. The third-order valence-corrected chi connectivity index (χ3v) is 5.79. The van der Waals surface area contributed by atoms with Crippen molar-refractivity contribution in [2.75, 3.05) is 5.32 Å². The largest absolute Gasteiger partial charge is 0.306 e. The van der Waals surface area contributed by atoms with Crippen LogP contribution in [0.2, 0.25) is 0 Å². The highest BCUT2D eigenvalue weighted by molar-refractivity contribution is 6.03. The molecule has 0 fully saturated rings. The van der Waals surface area contributed by atoms with E-state index in [0.29, 0.717) is 11.4 Å². The van der Waals surface area contributed by atoms with Gasteiger partial charge in [-0.3, -0.25) is 4.79 Å². The quantitative estimate of drug-likeness (QED) is 0.524. The maximum absolute atomic E-state index is 13.0. The number of carbonyl (C=O) groups is 1. The Morgan fingerprint density at radius 1 is 1.00 bits per heavy atom. The second-order valence-electron chi connectivity index (χ2n) is 7.84. The molecule has 2 heterocycles. The molecule has 0 radical (unpaired) electrons. The van der Waals surface area contributed by atoms with Crippen LogP contribution in [0.1, 0.15) is 45.9 Å². The van der Waals surface area contributed by atoms with Crippen molar-refractivity contribution in [1.29, 1.82) is 0 Å². The second-order valence-corrected chi connectivity index (χ2v) is 7.84. The highest BCUT2D eigenvalue weighted by Crippen LogP contribution is 2.35. The van der Waals surface area contributed by atoms with Crippen LogP contribution in [-0.4, -0.2) is 25.7 Å². The summed E-state index contributed by atoms with van der Waals surface area (Å²) in [6.07, 6.45) is 8.12. The maximum atomic E-state index is 13.0. The van der Waals surface area contributed by atoms with E-state index < -0.39 is 0 Å². The number of amides is 1. The van der Waals surface area contributed by atoms with Gasteiger partial charge in [-0.1, -0.05) is 54.6 Å². The maximum Gasteiger partial charge on any atom is 0.259 e. The third kappa shape index (κ3) is 3.72. The van der Waals surface area contributed by atoms with E-state index >= 15 is 0 Å². The van der Waals surface area contributed by atoms with Crippen LogP contribution < -0.4 is 5.32 Å². The van der Waals surface area contributed by atoms with Crippen LogP contribution in [0.15, 0.2) is 73.2 Å². The summed E-state index contributed by atoms with van der Waals surface area (Å²) in [7, 11) is 0. The second kappa shape index (κ2) is 8.14. The van der Waals surface area contributed by atoms with Crippen LogP contribution in [0, 0.1) is 6.92 Å². The van der Waals surface area contributed by atoms with Gasteiger partial charge in [-0.25, -0.2) is 14.6 Å². The highest BCUT2D eigenvalue weighted by Gasteiger charge is 2.25. The number of nitrogens with one attached hydrogen (secondary N) is 1. The molecule has 5 rings (SSSR count). The van der Waals surface area contributed by atoms with Gasteiger partial charge in [0.25, 0.3) is 5.91 Å². The number of rotatable bonds is 4. The lowest BCUT2D eigenvalue weighted by atomic mass is 9.88. The zero-order valence-electron chi connectivity index (χ0n) is 17.3. The van der Waals surface area contributed by atoms with Gasteiger partial charge in [-0.05, 0) is 37.3 Å². The Morgan fingerprint density at radius 3 is 2.55 bits per heavy atom. The predicted octanol–water partition coefficient (Wildman–Crippen LogP) is 4.83. The molecule has 1 N–H and O–H groups in total. The van der Waals surface area contributed by atoms with Gasteiger partial charge in [0.2, 0.25) is 0 Å². The van der Waals surface area contributed by atoms with Crippen LogP contribution in [-0.2, 0) is 6.42 Å². The number of carbonyl (C=O) groups excluding carboxylic acids is 1. The zero-order valence-corrected chi connectivity index (χ0v) is 17.3. The van der Waals surface area contributed by atoms with Crippen molar-refractivity contribution in [1.82, 2.24) is 19.7 Å². The Hall–Kier alpha value is -3.80. The van der Waals surface area contributed by atoms with E-state index in [1.54, 1.807) is 12.4 Å². The van der Waals surface area contributed by atoms with E-state index in [1.165, 1.54) is 11.1 Å². The molecule has 154 valence electrons. The van der Waals surface area contributed by atoms with Crippen LogP contribution in [0.4, 0.5) is 5.82 Å². The molecular weight excluding hydrogens is 386 g/mol. The average molecular weight is 409 g/mol. The molecule has 6 nitrogen and oxygen atoms in total. The van der Waals surface area contributed by atoms with Crippen LogP contribution >= 0.6 is 0 Å². The molecule has 0 bridgehead atoms. The fourth-order valence-electron chi connectivity index (χ4n) is 4.18. The van der Waals surface area contributed by atoms with Gasteiger partial charge in [-0.15, -0.1) is 0 Å². The smallest absolute Gasteiger partial charge is 0.259 e. The van der Waals surface area contributed by atoms with Crippen molar-refractivity contribution < 1.29 is 4.79 Å². The minimum atomic E-state index is -0.242.